The highest BCUT2D eigenvalue weighted by Gasteiger charge is 2.31. The summed E-state index contributed by atoms with van der Waals surface area (Å²) in [5, 5.41) is 0.00398. The van der Waals surface area contributed by atoms with Crippen LogP contribution < -0.4 is 9.64 Å². The van der Waals surface area contributed by atoms with Crippen LogP contribution in [0, 0.1) is 11.6 Å². The Labute approximate surface area is 119 Å². The quantitative estimate of drug-likeness (QED) is 0.817. The Morgan fingerprint density at radius 1 is 1.20 bits per heavy atom. The standard InChI is InChI=1S/C13H10ClF2N3O/c14-13-17-5-11(16)12(18-13)19-6-10(7-19)20-9-3-1-8(15)2-4-9/h1-5,10H,6-7H2. The highest BCUT2D eigenvalue weighted by Crippen LogP contribution is 2.25. The molecule has 4 nitrogen and oxygen atoms in total. The zero-order valence-corrected chi connectivity index (χ0v) is 11.0. The monoisotopic (exact) mass is 297 g/mol. The molecule has 1 aliphatic heterocycles. The molecule has 1 aliphatic rings. The van der Waals surface area contributed by atoms with E-state index in [1.165, 1.54) is 12.1 Å². The maximum atomic E-state index is 13.5. The molecule has 1 fully saturated rings. The fourth-order valence-corrected chi connectivity index (χ4v) is 2.08. The first kappa shape index (κ1) is 13.1. The Morgan fingerprint density at radius 2 is 1.90 bits per heavy atom. The van der Waals surface area contributed by atoms with Crippen molar-refractivity contribution in [3.63, 3.8) is 0 Å². The van der Waals surface area contributed by atoms with Gasteiger partial charge in [-0.05, 0) is 35.9 Å². The van der Waals surface area contributed by atoms with Crippen molar-refractivity contribution in [2.75, 3.05) is 18.0 Å². The van der Waals surface area contributed by atoms with Gasteiger partial charge in [-0.15, -0.1) is 0 Å². The van der Waals surface area contributed by atoms with E-state index in [2.05, 4.69) is 9.97 Å². The second-order valence-corrected chi connectivity index (χ2v) is 4.75. The molecule has 3 rings (SSSR count). The van der Waals surface area contributed by atoms with Gasteiger partial charge in [-0.2, -0.15) is 4.98 Å². The van der Waals surface area contributed by atoms with Crippen LogP contribution in [0.15, 0.2) is 30.5 Å². The third kappa shape index (κ3) is 2.65. The van der Waals surface area contributed by atoms with E-state index in [1.54, 1.807) is 17.0 Å². The number of anilines is 1. The van der Waals surface area contributed by atoms with Crippen LogP contribution in [-0.2, 0) is 0 Å². The summed E-state index contributed by atoms with van der Waals surface area (Å²) in [5.74, 6) is -0.0823. The third-order valence-corrected chi connectivity index (χ3v) is 3.14. The molecule has 7 heteroatoms. The summed E-state index contributed by atoms with van der Waals surface area (Å²) in [7, 11) is 0. The Morgan fingerprint density at radius 3 is 2.60 bits per heavy atom. The first-order chi connectivity index (χ1) is 9.61. The lowest BCUT2D eigenvalue weighted by atomic mass is 10.1. The minimum absolute atomic E-state index is 0.00398. The molecule has 1 saturated heterocycles. The summed E-state index contributed by atoms with van der Waals surface area (Å²) < 4.78 is 31.9. The molecule has 0 atom stereocenters. The van der Waals surface area contributed by atoms with Crippen LogP contribution in [0.2, 0.25) is 5.28 Å². The Hall–Kier alpha value is -1.95. The lowest BCUT2D eigenvalue weighted by Crippen LogP contribution is -2.54. The molecular weight excluding hydrogens is 288 g/mol. The largest absolute Gasteiger partial charge is 0.487 e. The van der Waals surface area contributed by atoms with Crippen LogP contribution in [0.25, 0.3) is 0 Å². The summed E-state index contributed by atoms with van der Waals surface area (Å²) in [5.41, 5.74) is 0. The predicted molar refractivity (Wildman–Crippen MR) is 70.0 cm³/mol. The van der Waals surface area contributed by atoms with Gasteiger partial charge in [-0.3, -0.25) is 0 Å². The fourth-order valence-electron chi connectivity index (χ4n) is 1.95. The van der Waals surface area contributed by atoms with Crippen molar-refractivity contribution in [2.24, 2.45) is 0 Å². The van der Waals surface area contributed by atoms with Gasteiger partial charge in [-0.25, -0.2) is 13.8 Å². The van der Waals surface area contributed by atoms with E-state index in [4.69, 9.17) is 16.3 Å². The summed E-state index contributed by atoms with van der Waals surface area (Å²) in [6.07, 6.45) is 0.951. The second kappa shape index (κ2) is 5.20. The average Bonchev–Trinajstić information content (AvgIpc) is 2.39. The molecule has 1 aromatic heterocycles. The van der Waals surface area contributed by atoms with Crippen LogP contribution >= 0.6 is 11.6 Å². The highest BCUT2D eigenvalue weighted by molar-refractivity contribution is 6.28. The fraction of sp³-hybridized carbons (Fsp3) is 0.231. The van der Waals surface area contributed by atoms with Gasteiger partial charge in [0, 0.05) is 0 Å². The number of hydrogen-bond donors (Lipinski definition) is 0. The van der Waals surface area contributed by atoms with Crippen LogP contribution in [0.3, 0.4) is 0 Å². The Bertz CT molecular complexity index is 618. The van der Waals surface area contributed by atoms with E-state index in [0.717, 1.165) is 6.20 Å². The summed E-state index contributed by atoms with van der Waals surface area (Å²) in [6.45, 7) is 0.975. The maximum Gasteiger partial charge on any atom is 0.224 e. The van der Waals surface area contributed by atoms with Gasteiger partial charge in [-0.1, -0.05) is 0 Å². The van der Waals surface area contributed by atoms with Gasteiger partial charge in [0.25, 0.3) is 0 Å². The SMILES string of the molecule is Fc1ccc(OC2CN(c3nc(Cl)ncc3F)C2)cc1. The number of benzene rings is 1. The topological polar surface area (TPSA) is 38.2 Å². The number of nitrogens with zero attached hydrogens (tertiary/aromatic N) is 3. The first-order valence-corrected chi connectivity index (χ1v) is 6.35. The van der Waals surface area contributed by atoms with Gasteiger partial charge in [0.05, 0.1) is 19.3 Å². The lowest BCUT2D eigenvalue weighted by molar-refractivity contribution is 0.166. The average molecular weight is 298 g/mol. The number of hydrogen-bond acceptors (Lipinski definition) is 4. The van der Waals surface area contributed by atoms with Gasteiger partial charge < -0.3 is 9.64 Å². The van der Waals surface area contributed by atoms with Crippen molar-refractivity contribution < 1.29 is 13.5 Å². The first-order valence-electron chi connectivity index (χ1n) is 5.97. The van der Waals surface area contributed by atoms with E-state index in [9.17, 15) is 8.78 Å². The molecule has 0 radical (unpaired) electrons. The summed E-state index contributed by atoms with van der Waals surface area (Å²) in [6, 6.07) is 5.77. The van der Waals surface area contributed by atoms with Crippen molar-refractivity contribution in [1.29, 1.82) is 0 Å². The molecular formula is C13H10ClF2N3O. The van der Waals surface area contributed by atoms with Crippen LogP contribution in [0.1, 0.15) is 0 Å². The molecule has 2 heterocycles. The molecule has 0 unspecified atom stereocenters. The number of halogens is 3. The van der Waals surface area contributed by atoms with E-state index in [-0.39, 0.29) is 23.0 Å². The summed E-state index contributed by atoms with van der Waals surface area (Å²) in [4.78, 5) is 9.11. The van der Waals surface area contributed by atoms with E-state index < -0.39 is 5.82 Å². The Balaban J connectivity index is 1.61. The summed E-state index contributed by atoms with van der Waals surface area (Å²) >= 11 is 5.64. The highest BCUT2D eigenvalue weighted by atomic mass is 35.5. The van der Waals surface area contributed by atoms with Crippen LogP contribution in [0.4, 0.5) is 14.6 Å². The molecule has 0 amide bonds. The third-order valence-electron chi connectivity index (χ3n) is 2.96. The van der Waals surface area contributed by atoms with Crippen molar-refractivity contribution >= 4 is 17.4 Å². The molecule has 2 aromatic rings. The van der Waals surface area contributed by atoms with Crippen molar-refractivity contribution in [3.8, 4) is 5.75 Å². The maximum absolute atomic E-state index is 13.5. The van der Waals surface area contributed by atoms with E-state index >= 15 is 0 Å². The van der Waals surface area contributed by atoms with E-state index in [1.807, 2.05) is 0 Å². The number of rotatable bonds is 3. The molecule has 0 N–H and O–H groups in total. The molecule has 104 valence electrons. The van der Waals surface area contributed by atoms with Crippen LogP contribution in [-0.4, -0.2) is 29.2 Å². The second-order valence-electron chi connectivity index (χ2n) is 4.41. The number of aromatic nitrogens is 2. The minimum Gasteiger partial charge on any atom is -0.487 e. The van der Waals surface area contributed by atoms with Gasteiger partial charge in [0.2, 0.25) is 5.28 Å². The zero-order chi connectivity index (χ0) is 14.1. The zero-order valence-electron chi connectivity index (χ0n) is 10.3. The molecule has 0 spiro atoms. The smallest absolute Gasteiger partial charge is 0.224 e. The van der Waals surface area contributed by atoms with Gasteiger partial charge >= 0.3 is 0 Å². The molecule has 1 aromatic carbocycles. The van der Waals surface area contributed by atoms with Gasteiger partial charge in [0.1, 0.15) is 17.7 Å². The van der Waals surface area contributed by atoms with Crippen molar-refractivity contribution in [2.45, 2.75) is 6.10 Å². The van der Waals surface area contributed by atoms with Crippen molar-refractivity contribution in [3.05, 3.63) is 47.4 Å². The molecule has 0 saturated carbocycles. The lowest BCUT2D eigenvalue weighted by Gasteiger charge is -2.39. The Kier molecular flexibility index (Phi) is 3.40. The molecule has 0 bridgehead atoms. The van der Waals surface area contributed by atoms with Crippen molar-refractivity contribution in [1.82, 2.24) is 9.97 Å². The molecule has 0 aliphatic carbocycles. The van der Waals surface area contributed by atoms with E-state index in [0.29, 0.717) is 18.8 Å². The van der Waals surface area contributed by atoms with Crippen LogP contribution in [0.5, 0.6) is 5.75 Å². The van der Waals surface area contributed by atoms with Gasteiger partial charge in [0.15, 0.2) is 11.6 Å². The minimum atomic E-state index is -0.519. The molecule has 20 heavy (non-hydrogen) atoms. The number of ether oxygens (including phenoxy) is 1. The normalized spacial score (nSPS) is 15.1. The predicted octanol–water partition coefficient (Wildman–Crippen LogP) is 2.68.